The molecule has 20 heteroatoms. The molecule has 234 valence electrons. The van der Waals surface area contributed by atoms with E-state index in [2.05, 4.69) is 42.7 Å². The van der Waals surface area contributed by atoms with E-state index in [0.29, 0.717) is 17.3 Å². The number of H-pyrrole nitrogens is 1. The number of aromatic amines is 1. The average Bonchev–Trinajstić information content (AvgIpc) is 3.44. The van der Waals surface area contributed by atoms with Gasteiger partial charge in [-0.15, -0.1) is 23.4 Å². The van der Waals surface area contributed by atoms with Crippen molar-refractivity contribution in [3.8, 4) is 0 Å². The van der Waals surface area contributed by atoms with Crippen LogP contribution in [0, 0.1) is 0 Å². The number of nitrogens with one attached hydrogen (secondary N) is 3. The van der Waals surface area contributed by atoms with E-state index in [1.165, 1.54) is 28.2 Å². The maximum atomic E-state index is 13.9. The smallest absolute Gasteiger partial charge is 0.543 e. The van der Waals surface area contributed by atoms with Crippen molar-refractivity contribution < 1.29 is 53.8 Å². The van der Waals surface area contributed by atoms with E-state index in [0.717, 1.165) is 16.0 Å². The number of nitrogens with two attached hydrogens (primary N) is 1. The van der Waals surface area contributed by atoms with Gasteiger partial charge in [0.2, 0.25) is 17.0 Å². The molecule has 0 radical (unpaired) electrons. The van der Waals surface area contributed by atoms with Gasteiger partial charge in [0.1, 0.15) is 23.1 Å². The van der Waals surface area contributed by atoms with Crippen molar-refractivity contribution in [2.24, 2.45) is 12.8 Å². The third-order valence-electron chi connectivity index (χ3n) is 6.81. The Bertz CT molecular complexity index is 1750. The van der Waals surface area contributed by atoms with Gasteiger partial charge in [-0.3, -0.25) is 29.2 Å². The molecular formula is C26H26N11NaO6S2. The quantitative estimate of drug-likeness (QED) is 0.0616. The first-order valence-corrected chi connectivity index (χ1v) is 15.3. The fraction of sp³-hybridized carbons (Fsp3) is 0.269. The van der Waals surface area contributed by atoms with E-state index in [1.807, 2.05) is 0 Å². The molecular weight excluding hydrogens is 649 g/mol. The molecule has 1 fully saturated rings. The van der Waals surface area contributed by atoms with Crippen LogP contribution in [0.1, 0.15) is 11.6 Å². The first-order chi connectivity index (χ1) is 21.6. The van der Waals surface area contributed by atoms with E-state index >= 15 is 0 Å². The third-order valence-corrected chi connectivity index (χ3v) is 9.24. The summed E-state index contributed by atoms with van der Waals surface area (Å²) in [5.41, 5.74) is 5.07. The van der Waals surface area contributed by atoms with E-state index < -0.39 is 46.8 Å². The number of thioether (sulfide) groups is 2. The molecule has 3 aromatic rings. The van der Waals surface area contributed by atoms with Crippen LogP contribution in [0.3, 0.4) is 0 Å². The molecule has 0 bridgehead atoms. The van der Waals surface area contributed by atoms with Crippen molar-refractivity contribution in [3.05, 3.63) is 76.4 Å². The van der Waals surface area contributed by atoms with Gasteiger partial charge < -0.3 is 26.3 Å². The number of urea groups is 1. The largest absolute Gasteiger partial charge is 1.00 e. The molecule has 5 N–H and O–H groups in total. The van der Waals surface area contributed by atoms with E-state index in [9.17, 15) is 29.1 Å². The summed E-state index contributed by atoms with van der Waals surface area (Å²) in [4.78, 5) is 73.7. The van der Waals surface area contributed by atoms with Crippen molar-refractivity contribution in [1.29, 1.82) is 0 Å². The Morgan fingerprint density at radius 1 is 1.30 bits per heavy atom. The fourth-order valence-electron chi connectivity index (χ4n) is 4.77. The maximum Gasteiger partial charge on any atom is 1.00 e. The SMILES string of the molecule is C=CCNc1ncc(N(C(N)=O)C(C(=O)NC2C(=O)N3C(C(=O)[O-])=C(CSc4nnnn4C)CS[C@@H]23)c2ccccc2)c(=O)[nH]1.[Na+]. The number of carboxylic acid groups (broad SMARTS) is 1. The zero-order valence-electron chi connectivity index (χ0n) is 24.6. The van der Waals surface area contributed by atoms with Gasteiger partial charge in [-0.05, 0) is 21.6 Å². The van der Waals surface area contributed by atoms with Crippen LogP contribution in [-0.2, 0) is 21.4 Å². The number of aromatic nitrogens is 6. The van der Waals surface area contributed by atoms with Crippen molar-refractivity contribution in [2.75, 3.05) is 28.3 Å². The number of aryl methyl sites for hydroxylation is 1. The molecule has 2 aliphatic rings. The molecule has 3 atom stereocenters. The maximum absolute atomic E-state index is 13.9. The van der Waals surface area contributed by atoms with Crippen LogP contribution in [0.15, 0.2) is 70.4 Å². The molecule has 17 nitrogen and oxygen atoms in total. The van der Waals surface area contributed by atoms with Crippen LogP contribution < -0.4 is 61.5 Å². The Kier molecular flexibility index (Phi) is 11.3. The molecule has 2 unspecified atom stereocenters. The molecule has 4 amide bonds. The Morgan fingerprint density at radius 2 is 2.04 bits per heavy atom. The number of hydrogen-bond donors (Lipinski definition) is 4. The number of carbonyl (C=O) groups excluding carboxylic acids is 4. The Hall–Kier alpha value is -4.17. The van der Waals surface area contributed by atoms with Gasteiger partial charge in [0.25, 0.3) is 11.5 Å². The molecule has 0 spiro atoms. The van der Waals surface area contributed by atoms with E-state index in [1.54, 1.807) is 43.5 Å². The topological polar surface area (TPSA) is 237 Å². The summed E-state index contributed by atoms with van der Waals surface area (Å²) < 4.78 is 1.43. The van der Waals surface area contributed by atoms with Gasteiger partial charge in [0, 0.05) is 25.1 Å². The number of carboxylic acids is 1. The van der Waals surface area contributed by atoms with Crippen molar-refractivity contribution >= 4 is 59.0 Å². The Labute approximate surface area is 291 Å². The number of rotatable bonds is 12. The number of hydrogen-bond acceptors (Lipinski definition) is 13. The molecule has 2 aliphatic heterocycles. The molecule has 4 heterocycles. The standard InChI is InChI=1S/C26H27N11O6S2.Na/c1-3-9-28-25-29-10-15(19(38)31-25)36(24(27)43)17(13-7-5-4-6-8-13)20(39)30-16-21(40)37-18(23(41)42)14(11-44-22(16)37)12-45-26-32-33-34-35(26)2;/h3-8,10,16-17,22H,1,9,11-12H2,2H3,(H2,27,43)(H,30,39)(H,41,42)(H2,28,29,31,38);/q;+1/p-1/t16?,17?,22-;/m0./s1. The number of primary amides is 1. The summed E-state index contributed by atoms with van der Waals surface area (Å²) >= 11 is 2.45. The number of nitrogens with zero attached hydrogens (tertiary/aromatic N) is 7. The van der Waals surface area contributed by atoms with Gasteiger partial charge in [0.15, 0.2) is 0 Å². The predicted molar refractivity (Wildman–Crippen MR) is 161 cm³/mol. The second-order valence-corrected chi connectivity index (χ2v) is 11.7. The van der Waals surface area contributed by atoms with Gasteiger partial charge >= 0.3 is 35.6 Å². The minimum Gasteiger partial charge on any atom is -0.543 e. The number of fused-ring (bicyclic) bond motifs is 1. The summed E-state index contributed by atoms with van der Waals surface area (Å²) in [6.07, 6.45) is 2.65. The summed E-state index contributed by atoms with van der Waals surface area (Å²) in [5, 5.41) is 28.5. The molecule has 46 heavy (non-hydrogen) atoms. The van der Waals surface area contributed by atoms with Crippen molar-refractivity contribution in [2.45, 2.75) is 22.6 Å². The van der Waals surface area contributed by atoms with Crippen LogP contribution in [0.2, 0.25) is 0 Å². The molecule has 1 aromatic carbocycles. The molecule has 1 saturated heterocycles. The van der Waals surface area contributed by atoms with Crippen molar-refractivity contribution in [3.63, 3.8) is 0 Å². The van der Waals surface area contributed by atoms with Crippen LogP contribution in [0.4, 0.5) is 16.4 Å². The average molecular weight is 676 g/mol. The fourth-order valence-corrected chi connectivity index (χ4v) is 7.10. The number of tetrazole rings is 1. The number of aliphatic carboxylic acids is 1. The summed E-state index contributed by atoms with van der Waals surface area (Å²) in [6, 6.07) is 4.29. The van der Waals surface area contributed by atoms with Crippen LogP contribution in [-0.4, -0.2) is 88.4 Å². The molecule has 5 rings (SSSR count). The summed E-state index contributed by atoms with van der Waals surface area (Å²) in [6.45, 7) is 3.88. The van der Waals surface area contributed by atoms with Gasteiger partial charge in [-0.1, -0.05) is 48.2 Å². The first-order valence-electron chi connectivity index (χ1n) is 13.2. The second-order valence-electron chi connectivity index (χ2n) is 9.65. The molecule has 0 saturated carbocycles. The number of carbonyl (C=O) groups is 4. The van der Waals surface area contributed by atoms with Crippen molar-refractivity contribution in [1.82, 2.24) is 40.4 Å². The minimum absolute atomic E-state index is 0. The second kappa shape index (κ2) is 14.9. The van der Waals surface area contributed by atoms with E-state index in [4.69, 9.17) is 5.73 Å². The van der Waals surface area contributed by atoms with Gasteiger partial charge in [-0.2, -0.15) is 0 Å². The van der Waals surface area contributed by atoms with Crippen LogP contribution >= 0.6 is 23.5 Å². The van der Waals surface area contributed by atoms with Crippen LogP contribution in [0.5, 0.6) is 0 Å². The monoisotopic (exact) mass is 675 g/mol. The number of amides is 4. The normalized spacial score (nSPS) is 17.6. The predicted octanol–water partition coefficient (Wildman–Crippen LogP) is -4.28. The third kappa shape index (κ3) is 6.97. The molecule has 2 aromatic heterocycles. The summed E-state index contributed by atoms with van der Waals surface area (Å²) in [5.74, 6) is -2.53. The number of benzene rings is 1. The van der Waals surface area contributed by atoms with Gasteiger partial charge in [-0.25, -0.2) is 14.5 Å². The summed E-state index contributed by atoms with van der Waals surface area (Å²) in [7, 11) is 1.64. The number of β-lactam (4-membered cyclic amide) rings is 1. The number of anilines is 2. The van der Waals surface area contributed by atoms with E-state index in [-0.39, 0.29) is 64.0 Å². The zero-order chi connectivity index (χ0) is 32.2. The first kappa shape index (κ1) is 34.7. The van der Waals surface area contributed by atoms with Gasteiger partial charge in [0.05, 0.1) is 17.9 Å². The Balaban J connectivity index is 0.00000480. The molecule has 0 aliphatic carbocycles. The van der Waals surface area contributed by atoms with Crippen LogP contribution in [0.25, 0.3) is 0 Å². The minimum atomic E-state index is -1.54. The Morgan fingerprint density at radius 3 is 2.65 bits per heavy atom. The zero-order valence-corrected chi connectivity index (χ0v) is 28.2.